The largest absolute Gasteiger partial charge is 0.478 e. The first-order valence-corrected chi connectivity index (χ1v) is 8.24. The van der Waals surface area contributed by atoms with E-state index in [0.29, 0.717) is 5.57 Å². The fraction of sp³-hybridized carbons (Fsp3) is 0.667. The number of aliphatic hydroxyl groups excluding tert-OH is 1. The van der Waals surface area contributed by atoms with Gasteiger partial charge in [0.2, 0.25) is 5.76 Å². The topological polar surface area (TPSA) is 93.1 Å². The molecule has 5 atom stereocenters. The van der Waals surface area contributed by atoms with Crippen molar-refractivity contribution in [3.05, 3.63) is 23.5 Å². The lowest BCUT2D eigenvalue weighted by atomic mass is 9.61. The third kappa shape index (κ3) is 2.67. The second kappa shape index (κ2) is 6.33. The van der Waals surface area contributed by atoms with Gasteiger partial charge in [-0.15, -0.1) is 0 Å². The first-order valence-electron chi connectivity index (χ1n) is 8.24. The average Bonchev–Trinajstić information content (AvgIpc) is 2.86. The molecule has 0 aromatic rings. The van der Waals surface area contributed by atoms with Gasteiger partial charge < -0.3 is 19.7 Å². The van der Waals surface area contributed by atoms with Gasteiger partial charge in [0, 0.05) is 17.4 Å². The molecule has 0 amide bonds. The van der Waals surface area contributed by atoms with Crippen LogP contribution in [0.3, 0.4) is 0 Å². The quantitative estimate of drug-likeness (QED) is 0.594. The fourth-order valence-corrected chi connectivity index (χ4v) is 3.84. The van der Waals surface area contributed by atoms with E-state index in [2.05, 4.69) is 6.58 Å². The van der Waals surface area contributed by atoms with Crippen molar-refractivity contribution in [2.45, 2.75) is 52.4 Å². The number of aliphatic hydroxyl groups is 2. The van der Waals surface area contributed by atoms with Gasteiger partial charge in [-0.1, -0.05) is 20.4 Å². The first kappa shape index (κ1) is 18.7. The van der Waals surface area contributed by atoms with Crippen molar-refractivity contribution in [1.82, 2.24) is 0 Å². The molecule has 6 heteroatoms. The molecule has 0 unspecified atom stereocenters. The minimum atomic E-state index is -1.98. The zero-order valence-corrected chi connectivity index (χ0v) is 14.8. The van der Waals surface area contributed by atoms with E-state index in [1.807, 2.05) is 13.8 Å². The maximum absolute atomic E-state index is 12.5. The van der Waals surface area contributed by atoms with Gasteiger partial charge >= 0.3 is 5.97 Å². The lowest BCUT2D eigenvalue weighted by Crippen LogP contribution is -2.58. The molecule has 0 aromatic heterocycles. The summed E-state index contributed by atoms with van der Waals surface area (Å²) in [6.45, 7) is 12.5. The normalized spacial score (nSPS) is 35.8. The van der Waals surface area contributed by atoms with Crippen LogP contribution in [0.5, 0.6) is 0 Å². The van der Waals surface area contributed by atoms with E-state index in [-0.39, 0.29) is 23.9 Å². The highest BCUT2D eigenvalue weighted by Crippen LogP contribution is 2.51. The molecule has 0 bridgehead atoms. The Kier molecular flexibility index (Phi) is 4.93. The molecule has 0 saturated heterocycles. The van der Waals surface area contributed by atoms with Gasteiger partial charge in [-0.05, 0) is 32.3 Å². The number of fused-ring (bicyclic) bond motifs is 1. The van der Waals surface area contributed by atoms with Gasteiger partial charge in [0.1, 0.15) is 17.8 Å². The molecule has 0 aromatic carbocycles. The highest BCUT2D eigenvalue weighted by atomic mass is 16.6. The second-order valence-corrected chi connectivity index (χ2v) is 7.08. The molecule has 1 aliphatic heterocycles. The van der Waals surface area contributed by atoms with E-state index in [1.54, 1.807) is 13.8 Å². The molecule has 24 heavy (non-hydrogen) atoms. The van der Waals surface area contributed by atoms with E-state index in [4.69, 9.17) is 9.47 Å². The summed E-state index contributed by atoms with van der Waals surface area (Å²) < 4.78 is 10.8. The van der Waals surface area contributed by atoms with E-state index in [9.17, 15) is 19.8 Å². The van der Waals surface area contributed by atoms with Crippen molar-refractivity contribution in [3.63, 3.8) is 0 Å². The van der Waals surface area contributed by atoms with Gasteiger partial charge in [-0.2, -0.15) is 0 Å². The summed E-state index contributed by atoms with van der Waals surface area (Å²) in [6.07, 6.45) is -1.93. The maximum Gasteiger partial charge on any atom is 0.373 e. The van der Waals surface area contributed by atoms with Crippen LogP contribution in [0.25, 0.3) is 0 Å². The Balaban J connectivity index is 2.67. The number of hydrogen-bond donors (Lipinski definition) is 2. The second-order valence-electron chi connectivity index (χ2n) is 7.08. The monoisotopic (exact) mass is 338 g/mol. The van der Waals surface area contributed by atoms with Crippen molar-refractivity contribution in [1.29, 1.82) is 0 Å². The molecule has 2 N–H and O–H groups in total. The zero-order chi connectivity index (χ0) is 18.4. The highest BCUT2D eigenvalue weighted by molar-refractivity contribution is 5.99. The van der Waals surface area contributed by atoms with Crippen LogP contribution >= 0.6 is 0 Å². The van der Waals surface area contributed by atoms with Crippen molar-refractivity contribution in [3.8, 4) is 0 Å². The van der Waals surface area contributed by atoms with Crippen LogP contribution in [0, 0.1) is 17.8 Å². The molecule has 1 saturated carbocycles. The summed E-state index contributed by atoms with van der Waals surface area (Å²) in [6, 6.07) is 0. The van der Waals surface area contributed by atoms with E-state index in [0.717, 1.165) is 0 Å². The predicted octanol–water partition coefficient (Wildman–Crippen LogP) is 1.36. The van der Waals surface area contributed by atoms with Crippen molar-refractivity contribution >= 4 is 11.8 Å². The standard InChI is InChI=1S/C18H26O6/c1-7-23-17(21)15-12-11(14(24-15)9(4)5)10(8(2)3)13(19)16(20)18(12,6)22/h8,10-11,13-14,19,22H,4,7H2,1-3,5-6H3/t10-,11-,13+,14+,18+/m1/s1. The summed E-state index contributed by atoms with van der Waals surface area (Å²) in [5.74, 6) is -2.63. The number of esters is 1. The average molecular weight is 338 g/mol. The first-order chi connectivity index (χ1) is 11.1. The number of rotatable bonds is 4. The van der Waals surface area contributed by atoms with Crippen LogP contribution in [-0.2, 0) is 19.1 Å². The summed E-state index contributed by atoms with van der Waals surface area (Å²) >= 11 is 0. The van der Waals surface area contributed by atoms with Gasteiger partial charge in [0.15, 0.2) is 5.78 Å². The van der Waals surface area contributed by atoms with E-state index < -0.39 is 41.4 Å². The summed E-state index contributed by atoms with van der Waals surface area (Å²) in [4.78, 5) is 24.8. The Labute approximate surface area is 142 Å². The molecule has 2 aliphatic rings. The minimum Gasteiger partial charge on any atom is -0.478 e. The SMILES string of the molecule is C=C(C)[C@@H]1OC(C(=O)OCC)=C2[C@H]1[C@@H](C(C)C)[C@H](O)C(=O)[C@@]2(C)O. The van der Waals surface area contributed by atoms with Crippen LogP contribution in [-0.4, -0.2) is 46.4 Å². The number of hydrogen-bond acceptors (Lipinski definition) is 6. The van der Waals surface area contributed by atoms with Crippen molar-refractivity contribution < 1.29 is 29.3 Å². The molecular weight excluding hydrogens is 312 g/mol. The molecule has 1 aliphatic carbocycles. The molecular formula is C18H26O6. The van der Waals surface area contributed by atoms with Crippen molar-refractivity contribution in [2.24, 2.45) is 17.8 Å². The van der Waals surface area contributed by atoms with Crippen LogP contribution < -0.4 is 0 Å². The van der Waals surface area contributed by atoms with Crippen LogP contribution in [0.4, 0.5) is 0 Å². The fourth-order valence-electron chi connectivity index (χ4n) is 3.84. The maximum atomic E-state index is 12.5. The lowest BCUT2D eigenvalue weighted by Gasteiger charge is -2.44. The van der Waals surface area contributed by atoms with Gasteiger partial charge in [-0.3, -0.25) is 4.79 Å². The Hall–Kier alpha value is -1.66. The molecule has 1 heterocycles. The number of Topliss-reactive ketones (excluding diaryl/α,β-unsaturated/α-hetero) is 1. The third-order valence-corrected chi connectivity index (χ3v) is 4.92. The molecule has 1 fully saturated rings. The summed E-state index contributed by atoms with van der Waals surface area (Å²) in [7, 11) is 0. The van der Waals surface area contributed by atoms with E-state index >= 15 is 0 Å². The van der Waals surface area contributed by atoms with Gasteiger partial charge in [-0.25, -0.2) is 4.79 Å². The van der Waals surface area contributed by atoms with Crippen LogP contribution in [0.2, 0.25) is 0 Å². The Morgan fingerprint density at radius 3 is 2.50 bits per heavy atom. The zero-order valence-electron chi connectivity index (χ0n) is 14.8. The number of ether oxygens (including phenoxy) is 2. The highest BCUT2D eigenvalue weighted by Gasteiger charge is 2.61. The molecule has 0 radical (unpaired) electrons. The smallest absolute Gasteiger partial charge is 0.373 e. The summed E-state index contributed by atoms with van der Waals surface area (Å²) in [5, 5.41) is 21.3. The van der Waals surface area contributed by atoms with Gasteiger partial charge in [0.25, 0.3) is 0 Å². The summed E-state index contributed by atoms with van der Waals surface area (Å²) in [5.41, 5.74) is -1.13. The van der Waals surface area contributed by atoms with Crippen LogP contribution in [0.15, 0.2) is 23.5 Å². The third-order valence-electron chi connectivity index (χ3n) is 4.92. The molecule has 2 rings (SSSR count). The molecule has 134 valence electrons. The predicted molar refractivity (Wildman–Crippen MR) is 86.8 cm³/mol. The Bertz CT molecular complexity index is 601. The number of carbonyl (C=O) groups excluding carboxylic acids is 2. The lowest BCUT2D eigenvalue weighted by molar-refractivity contribution is -0.153. The number of carbonyl (C=O) groups is 2. The van der Waals surface area contributed by atoms with Gasteiger partial charge in [0.05, 0.1) is 6.61 Å². The Morgan fingerprint density at radius 1 is 1.46 bits per heavy atom. The Morgan fingerprint density at radius 2 is 2.04 bits per heavy atom. The number of ketones is 1. The van der Waals surface area contributed by atoms with Crippen molar-refractivity contribution in [2.75, 3.05) is 6.61 Å². The minimum absolute atomic E-state index is 0.0629. The molecule has 6 nitrogen and oxygen atoms in total. The molecule has 0 spiro atoms. The van der Waals surface area contributed by atoms with Crippen LogP contribution in [0.1, 0.15) is 34.6 Å². The van der Waals surface area contributed by atoms with E-state index in [1.165, 1.54) is 6.92 Å².